The summed E-state index contributed by atoms with van der Waals surface area (Å²) < 4.78 is 23.7. The third-order valence-corrected chi connectivity index (χ3v) is 4.78. The van der Waals surface area contributed by atoms with Crippen LogP contribution < -0.4 is 5.32 Å². The lowest BCUT2D eigenvalue weighted by Gasteiger charge is -2.09. The normalized spacial score (nSPS) is 10.9. The molecule has 0 saturated heterocycles. The number of nitrogens with zero attached hydrogens (tertiary/aromatic N) is 3. The molecule has 2 heterocycles. The van der Waals surface area contributed by atoms with Crippen LogP contribution in [0.25, 0.3) is 22.4 Å². The Hall–Kier alpha value is -3.52. The number of fused-ring (bicyclic) bond motifs is 1. The molecular weight excluding hydrogens is 423 g/mol. The second-order valence-electron chi connectivity index (χ2n) is 6.64. The van der Waals surface area contributed by atoms with Crippen molar-refractivity contribution < 1.29 is 18.4 Å². The Morgan fingerprint density at radius 3 is 2.58 bits per heavy atom. The van der Waals surface area contributed by atoms with Crippen molar-refractivity contribution in [2.24, 2.45) is 0 Å². The van der Waals surface area contributed by atoms with Crippen LogP contribution in [0, 0.1) is 5.82 Å². The highest BCUT2D eigenvalue weighted by molar-refractivity contribution is 6.30. The van der Waals surface area contributed by atoms with Crippen LogP contribution in [0.4, 0.5) is 10.2 Å². The zero-order chi connectivity index (χ0) is 21.8. The van der Waals surface area contributed by atoms with Crippen LogP contribution in [0.1, 0.15) is 23.1 Å². The van der Waals surface area contributed by atoms with Crippen molar-refractivity contribution >= 4 is 34.5 Å². The summed E-state index contributed by atoms with van der Waals surface area (Å²) >= 11 is 5.94. The van der Waals surface area contributed by atoms with Gasteiger partial charge in [0.25, 0.3) is 5.71 Å². The molecule has 0 aliphatic carbocycles. The van der Waals surface area contributed by atoms with Gasteiger partial charge in [-0.2, -0.15) is 4.98 Å². The predicted molar refractivity (Wildman–Crippen MR) is 115 cm³/mol. The van der Waals surface area contributed by atoms with Crippen LogP contribution in [0.3, 0.4) is 0 Å². The van der Waals surface area contributed by atoms with Crippen LogP contribution in [-0.2, 0) is 11.2 Å². The van der Waals surface area contributed by atoms with Crippen LogP contribution >= 0.6 is 11.6 Å². The fraction of sp³-hybridized carbons (Fsp3) is 0.182. The van der Waals surface area contributed by atoms with Gasteiger partial charge in [-0.1, -0.05) is 28.9 Å². The van der Waals surface area contributed by atoms with E-state index in [0.717, 1.165) is 5.56 Å². The summed E-state index contributed by atoms with van der Waals surface area (Å²) in [4.78, 5) is 20.7. The second kappa shape index (κ2) is 9.09. The molecule has 4 rings (SSSR count). The molecular formula is C22H18ClFN4O3. The van der Waals surface area contributed by atoms with Crippen LogP contribution in [0.5, 0.6) is 0 Å². The number of carbonyl (C=O) groups is 1. The highest BCUT2D eigenvalue weighted by Crippen LogP contribution is 2.32. The number of ether oxygens (including phenoxy) is 1. The van der Waals surface area contributed by atoms with Crippen molar-refractivity contribution in [3.05, 3.63) is 70.8 Å². The van der Waals surface area contributed by atoms with Crippen LogP contribution in [0.15, 0.2) is 53.1 Å². The maximum Gasteiger partial charge on any atom is 0.376 e. The van der Waals surface area contributed by atoms with E-state index in [4.69, 9.17) is 20.9 Å². The van der Waals surface area contributed by atoms with Gasteiger partial charge >= 0.3 is 5.97 Å². The SMILES string of the molecule is CCOC(=O)c1nc(NCCc2ccc(Cl)cc2)c2c(-c3ccc(F)cc3)noc2n1. The number of carbonyl (C=O) groups excluding carboxylic acids is 1. The van der Waals surface area contributed by atoms with Gasteiger partial charge in [0, 0.05) is 17.1 Å². The molecule has 0 amide bonds. The lowest BCUT2D eigenvalue weighted by molar-refractivity contribution is 0.0512. The molecule has 0 fully saturated rings. The van der Waals surface area contributed by atoms with Gasteiger partial charge in [-0.05, 0) is 55.3 Å². The first-order valence-corrected chi connectivity index (χ1v) is 10.0. The Balaban J connectivity index is 1.69. The number of hydrogen-bond acceptors (Lipinski definition) is 7. The van der Waals surface area contributed by atoms with Crippen molar-refractivity contribution in [2.45, 2.75) is 13.3 Å². The van der Waals surface area contributed by atoms with Gasteiger partial charge in [0.15, 0.2) is 0 Å². The van der Waals surface area contributed by atoms with Gasteiger partial charge in [0.05, 0.1) is 6.61 Å². The smallest absolute Gasteiger partial charge is 0.376 e. The van der Waals surface area contributed by atoms with Gasteiger partial charge in [-0.25, -0.2) is 14.2 Å². The third-order valence-electron chi connectivity index (χ3n) is 4.53. The highest BCUT2D eigenvalue weighted by Gasteiger charge is 2.22. The zero-order valence-electron chi connectivity index (χ0n) is 16.6. The summed E-state index contributed by atoms with van der Waals surface area (Å²) in [6.07, 6.45) is 0.689. The molecule has 0 bridgehead atoms. The molecule has 2 aromatic heterocycles. The topological polar surface area (TPSA) is 90.1 Å². The molecule has 4 aromatic rings. The standard InChI is InChI=1S/C22H18ClFN4O3/c1-2-30-22(29)20-26-19(25-12-11-13-3-7-15(23)8-4-13)17-18(28-31-21(17)27-20)14-5-9-16(24)10-6-14/h3-10H,2,11-12H2,1H3,(H,25,26,27). The monoisotopic (exact) mass is 440 g/mol. The molecule has 2 aromatic carbocycles. The van der Waals surface area contributed by atoms with E-state index >= 15 is 0 Å². The average molecular weight is 441 g/mol. The predicted octanol–water partition coefficient (Wildman–Crippen LogP) is 4.91. The molecule has 0 radical (unpaired) electrons. The van der Waals surface area contributed by atoms with E-state index in [-0.39, 0.29) is 24.0 Å². The summed E-state index contributed by atoms with van der Waals surface area (Å²) in [5.41, 5.74) is 2.29. The van der Waals surface area contributed by atoms with E-state index in [0.29, 0.717) is 40.4 Å². The van der Waals surface area contributed by atoms with Gasteiger partial charge in [-0.3, -0.25) is 0 Å². The number of rotatable bonds is 7. The molecule has 0 aliphatic rings. The fourth-order valence-electron chi connectivity index (χ4n) is 3.05. The van der Waals surface area contributed by atoms with Crippen LogP contribution in [0.2, 0.25) is 5.02 Å². The zero-order valence-corrected chi connectivity index (χ0v) is 17.3. The van der Waals surface area contributed by atoms with Crippen LogP contribution in [-0.4, -0.2) is 34.2 Å². The van der Waals surface area contributed by atoms with Gasteiger partial charge in [-0.15, -0.1) is 0 Å². The molecule has 0 unspecified atom stereocenters. The molecule has 0 aliphatic heterocycles. The summed E-state index contributed by atoms with van der Waals surface area (Å²) in [6, 6.07) is 13.4. The molecule has 9 heteroatoms. The molecule has 0 atom stereocenters. The maximum atomic E-state index is 13.3. The largest absolute Gasteiger partial charge is 0.460 e. The van der Waals surface area contributed by atoms with Crippen molar-refractivity contribution in [3.63, 3.8) is 0 Å². The Kier molecular flexibility index (Phi) is 6.08. The first kappa shape index (κ1) is 20.7. The fourth-order valence-corrected chi connectivity index (χ4v) is 3.18. The minimum Gasteiger partial charge on any atom is -0.460 e. The molecule has 0 saturated carbocycles. The van der Waals surface area contributed by atoms with Gasteiger partial charge in [0.2, 0.25) is 5.82 Å². The molecule has 158 valence electrons. The summed E-state index contributed by atoms with van der Waals surface area (Å²) in [5.74, 6) is -0.781. The Morgan fingerprint density at radius 2 is 1.87 bits per heavy atom. The lowest BCUT2D eigenvalue weighted by Crippen LogP contribution is -2.13. The van der Waals surface area contributed by atoms with E-state index in [1.54, 1.807) is 19.1 Å². The maximum absolute atomic E-state index is 13.3. The van der Waals surface area contributed by atoms with Crippen molar-refractivity contribution in [3.8, 4) is 11.3 Å². The molecule has 31 heavy (non-hydrogen) atoms. The van der Waals surface area contributed by atoms with Gasteiger partial charge in [0.1, 0.15) is 22.7 Å². The number of esters is 1. The minimum atomic E-state index is -0.662. The van der Waals surface area contributed by atoms with Gasteiger partial charge < -0.3 is 14.6 Å². The van der Waals surface area contributed by atoms with Crippen molar-refractivity contribution in [1.82, 2.24) is 15.1 Å². The summed E-state index contributed by atoms with van der Waals surface area (Å²) in [7, 11) is 0. The number of aromatic nitrogens is 3. The van der Waals surface area contributed by atoms with E-state index in [1.807, 2.05) is 24.3 Å². The number of halogens is 2. The van der Waals surface area contributed by atoms with Crippen molar-refractivity contribution in [2.75, 3.05) is 18.5 Å². The number of hydrogen-bond donors (Lipinski definition) is 1. The Labute approximate surface area is 182 Å². The Bertz CT molecular complexity index is 1210. The average Bonchev–Trinajstić information content (AvgIpc) is 3.20. The van der Waals surface area contributed by atoms with E-state index in [2.05, 4.69) is 20.4 Å². The second-order valence-corrected chi connectivity index (χ2v) is 7.07. The van der Waals surface area contributed by atoms with E-state index in [9.17, 15) is 9.18 Å². The van der Waals surface area contributed by atoms with E-state index < -0.39 is 5.97 Å². The summed E-state index contributed by atoms with van der Waals surface area (Å²) in [5, 5.41) is 8.47. The quantitative estimate of drug-likeness (QED) is 0.408. The first-order valence-electron chi connectivity index (χ1n) is 9.64. The first-order chi connectivity index (χ1) is 15.0. The lowest BCUT2D eigenvalue weighted by atomic mass is 10.1. The van der Waals surface area contributed by atoms with E-state index in [1.165, 1.54) is 12.1 Å². The third kappa shape index (κ3) is 4.64. The number of nitrogens with one attached hydrogen (secondary N) is 1. The number of anilines is 1. The highest BCUT2D eigenvalue weighted by atomic mass is 35.5. The number of benzene rings is 2. The molecule has 7 nitrogen and oxygen atoms in total. The Morgan fingerprint density at radius 1 is 1.13 bits per heavy atom. The van der Waals surface area contributed by atoms with Crippen molar-refractivity contribution in [1.29, 1.82) is 0 Å². The molecule has 1 N–H and O–H groups in total. The summed E-state index contributed by atoms with van der Waals surface area (Å²) in [6.45, 7) is 2.41. The molecule has 0 spiro atoms. The minimum absolute atomic E-state index is 0.131.